The van der Waals surface area contributed by atoms with Crippen LogP contribution < -0.4 is 0 Å². The minimum Gasteiger partial charge on any atom is -0.455 e. The summed E-state index contributed by atoms with van der Waals surface area (Å²) in [6.45, 7) is 0. The second-order valence-electron chi connectivity index (χ2n) is 11.3. The van der Waals surface area contributed by atoms with Crippen molar-refractivity contribution < 1.29 is 4.42 Å². The molecule has 9 rings (SSSR count). The van der Waals surface area contributed by atoms with Crippen molar-refractivity contribution in [2.45, 2.75) is 0 Å². The van der Waals surface area contributed by atoms with Crippen molar-refractivity contribution >= 4 is 43.5 Å². The number of furan rings is 1. The maximum Gasteiger partial charge on any atom is 0.164 e. The predicted molar refractivity (Wildman–Crippen MR) is 184 cm³/mol. The molecule has 0 aliphatic rings. The SMILES string of the molecule is c1ccc(-c2c(-c3nc(-c4ccc5ccccc5c4)nc(-c4ccc5ccccc5c4)n3)ccc3c2oc2ccccc23)cc1. The molecule has 0 aliphatic carbocycles. The van der Waals surface area contributed by atoms with Gasteiger partial charge in [0.15, 0.2) is 17.5 Å². The highest BCUT2D eigenvalue weighted by molar-refractivity contribution is 6.12. The molecule has 0 radical (unpaired) electrons. The monoisotopic (exact) mass is 575 g/mol. The van der Waals surface area contributed by atoms with E-state index in [0.717, 1.165) is 60.5 Å². The van der Waals surface area contributed by atoms with E-state index in [9.17, 15) is 0 Å². The van der Waals surface area contributed by atoms with Gasteiger partial charge in [0.1, 0.15) is 11.2 Å². The molecule has 0 saturated carbocycles. The van der Waals surface area contributed by atoms with Crippen LogP contribution in [0.25, 0.3) is 88.8 Å². The van der Waals surface area contributed by atoms with Crippen molar-refractivity contribution in [1.29, 1.82) is 0 Å². The summed E-state index contributed by atoms with van der Waals surface area (Å²) in [6, 6.07) is 52.2. The Morgan fingerprint density at radius 3 is 1.60 bits per heavy atom. The largest absolute Gasteiger partial charge is 0.455 e. The Bertz CT molecular complexity index is 2450. The first-order valence-electron chi connectivity index (χ1n) is 15.0. The topological polar surface area (TPSA) is 51.8 Å². The van der Waals surface area contributed by atoms with Gasteiger partial charge in [-0.05, 0) is 57.4 Å². The van der Waals surface area contributed by atoms with Crippen LogP contribution in [0.4, 0.5) is 0 Å². The Kier molecular flexibility index (Phi) is 5.78. The van der Waals surface area contributed by atoms with Crippen LogP contribution in [0.5, 0.6) is 0 Å². The molecule has 4 heteroatoms. The van der Waals surface area contributed by atoms with Crippen molar-refractivity contribution in [2.75, 3.05) is 0 Å². The summed E-state index contributed by atoms with van der Waals surface area (Å²) in [5.74, 6) is 1.84. The van der Waals surface area contributed by atoms with Crippen LogP contribution >= 0.6 is 0 Å². The summed E-state index contributed by atoms with van der Waals surface area (Å²) < 4.78 is 6.56. The van der Waals surface area contributed by atoms with Gasteiger partial charge in [0.2, 0.25) is 0 Å². The van der Waals surface area contributed by atoms with Gasteiger partial charge in [0.25, 0.3) is 0 Å². The number of para-hydroxylation sites is 1. The Balaban J connectivity index is 1.33. The number of rotatable bonds is 4. The third kappa shape index (κ3) is 4.35. The minimum atomic E-state index is 0.595. The zero-order valence-corrected chi connectivity index (χ0v) is 24.2. The maximum absolute atomic E-state index is 6.56. The first-order chi connectivity index (χ1) is 22.3. The van der Waals surface area contributed by atoms with Gasteiger partial charge in [-0.1, -0.05) is 121 Å². The highest BCUT2D eigenvalue weighted by Gasteiger charge is 2.21. The van der Waals surface area contributed by atoms with E-state index in [-0.39, 0.29) is 0 Å². The molecule has 4 nitrogen and oxygen atoms in total. The van der Waals surface area contributed by atoms with E-state index >= 15 is 0 Å². The van der Waals surface area contributed by atoms with Gasteiger partial charge < -0.3 is 4.42 Å². The first-order valence-corrected chi connectivity index (χ1v) is 15.0. The second-order valence-corrected chi connectivity index (χ2v) is 11.3. The number of hydrogen-bond acceptors (Lipinski definition) is 4. The Hall–Kier alpha value is -6.13. The van der Waals surface area contributed by atoms with Gasteiger partial charge in [-0.3, -0.25) is 0 Å². The van der Waals surface area contributed by atoms with Crippen LogP contribution in [0.2, 0.25) is 0 Å². The molecule has 2 aromatic heterocycles. The summed E-state index contributed by atoms with van der Waals surface area (Å²) in [5, 5.41) is 6.77. The van der Waals surface area contributed by atoms with E-state index in [0.29, 0.717) is 17.5 Å². The van der Waals surface area contributed by atoms with Crippen molar-refractivity contribution in [1.82, 2.24) is 15.0 Å². The molecule has 0 bridgehead atoms. The van der Waals surface area contributed by atoms with Crippen molar-refractivity contribution in [2.24, 2.45) is 0 Å². The van der Waals surface area contributed by atoms with E-state index in [1.807, 2.05) is 24.3 Å². The molecule has 0 aliphatic heterocycles. The average Bonchev–Trinajstić information content (AvgIpc) is 3.50. The van der Waals surface area contributed by atoms with E-state index in [1.54, 1.807) is 0 Å². The molecule has 7 aromatic carbocycles. The lowest BCUT2D eigenvalue weighted by Gasteiger charge is -2.13. The molecule has 0 unspecified atom stereocenters. The van der Waals surface area contributed by atoms with Crippen LogP contribution in [0.3, 0.4) is 0 Å². The van der Waals surface area contributed by atoms with Crippen LogP contribution in [-0.2, 0) is 0 Å². The van der Waals surface area contributed by atoms with Gasteiger partial charge in [-0.15, -0.1) is 0 Å². The molecule has 0 atom stereocenters. The quantitative estimate of drug-likeness (QED) is 0.209. The molecule has 45 heavy (non-hydrogen) atoms. The van der Waals surface area contributed by atoms with Gasteiger partial charge in [-0.2, -0.15) is 0 Å². The summed E-state index contributed by atoms with van der Waals surface area (Å²) in [5.41, 5.74) is 6.43. The summed E-state index contributed by atoms with van der Waals surface area (Å²) in [4.78, 5) is 15.4. The van der Waals surface area contributed by atoms with E-state index < -0.39 is 0 Å². The van der Waals surface area contributed by atoms with Crippen molar-refractivity contribution in [3.8, 4) is 45.3 Å². The van der Waals surface area contributed by atoms with Crippen LogP contribution in [0.1, 0.15) is 0 Å². The number of nitrogens with zero attached hydrogens (tertiary/aromatic N) is 3. The Labute approximate surface area is 259 Å². The lowest BCUT2D eigenvalue weighted by atomic mass is 9.96. The first kappa shape index (κ1) is 25.4. The average molecular weight is 576 g/mol. The highest BCUT2D eigenvalue weighted by Crippen LogP contribution is 2.42. The normalized spacial score (nSPS) is 11.6. The standard InChI is InChI=1S/C41H25N3O/c1-2-12-28(13-3-1)37-35(23-22-34-33-16-8-9-17-36(33)45-38(34)37)41-43-39(31-20-18-26-10-4-6-14-29(26)24-31)42-40(44-41)32-21-19-27-11-5-7-15-30(27)25-32/h1-25H. The van der Waals surface area contributed by atoms with Gasteiger partial charge in [0, 0.05) is 33.0 Å². The molecule has 0 fully saturated rings. The lowest BCUT2D eigenvalue weighted by molar-refractivity contribution is 0.670. The molecule has 0 N–H and O–H groups in total. The molecular formula is C41H25N3O. The summed E-state index contributed by atoms with van der Waals surface area (Å²) in [6.07, 6.45) is 0. The van der Waals surface area contributed by atoms with Gasteiger partial charge >= 0.3 is 0 Å². The molecule has 210 valence electrons. The fourth-order valence-corrected chi connectivity index (χ4v) is 6.28. The number of aromatic nitrogens is 3. The minimum absolute atomic E-state index is 0.595. The summed E-state index contributed by atoms with van der Waals surface area (Å²) >= 11 is 0. The third-order valence-electron chi connectivity index (χ3n) is 8.50. The molecule has 0 saturated heterocycles. The van der Waals surface area contributed by atoms with Gasteiger partial charge in [-0.25, -0.2) is 15.0 Å². The molecule has 0 amide bonds. The molecular weight excluding hydrogens is 550 g/mol. The molecule has 0 spiro atoms. The fourth-order valence-electron chi connectivity index (χ4n) is 6.28. The molecule has 2 heterocycles. The van der Waals surface area contributed by atoms with E-state index in [1.165, 1.54) is 10.8 Å². The maximum atomic E-state index is 6.56. The van der Waals surface area contributed by atoms with Crippen LogP contribution in [-0.4, -0.2) is 15.0 Å². The Morgan fingerprint density at radius 2 is 0.933 bits per heavy atom. The smallest absolute Gasteiger partial charge is 0.164 e. The van der Waals surface area contributed by atoms with Crippen molar-refractivity contribution in [3.05, 3.63) is 152 Å². The van der Waals surface area contributed by atoms with Gasteiger partial charge in [0.05, 0.1) is 0 Å². The van der Waals surface area contributed by atoms with E-state index in [2.05, 4.69) is 127 Å². The van der Waals surface area contributed by atoms with Crippen LogP contribution in [0, 0.1) is 0 Å². The zero-order valence-electron chi connectivity index (χ0n) is 24.2. The second kappa shape index (κ2) is 10.2. The number of benzene rings is 7. The zero-order chi connectivity index (χ0) is 29.7. The number of hydrogen-bond donors (Lipinski definition) is 0. The third-order valence-corrected chi connectivity index (χ3v) is 8.50. The Morgan fingerprint density at radius 1 is 0.378 bits per heavy atom. The van der Waals surface area contributed by atoms with E-state index in [4.69, 9.17) is 19.4 Å². The number of fused-ring (bicyclic) bond motifs is 5. The predicted octanol–water partition coefficient (Wildman–Crippen LogP) is 10.7. The van der Waals surface area contributed by atoms with Crippen molar-refractivity contribution in [3.63, 3.8) is 0 Å². The summed E-state index contributed by atoms with van der Waals surface area (Å²) in [7, 11) is 0. The molecule has 9 aromatic rings. The van der Waals surface area contributed by atoms with Crippen LogP contribution in [0.15, 0.2) is 156 Å². The fraction of sp³-hybridized carbons (Fsp3) is 0. The highest BCUT2D eigenvalue weighted by atomic mass is 16.3. The lowest BCUT2D eigenvalue weighted by Crippen LogP contribution is -2.01.